The van der Waals surface area contributed by atoms with Gasteiger partial charge in [-0.25, -0.2) is 4.39 Å². The molecule has 0 unspecified atom stereocenters. The zero-order valence-electron chi connectivity index (χ0n) is 13.3. The molecule has 4 N–H and O–H groups in total. The van der Waals surface area contributed by atoms with Gasteiger partial charge in [0.2, 0.25) is 0 Å². The van der Waals surface area contributed by atoms with E-state index in [1.807, 2.05) is 24.3 Å². The Balaban J connectivity index is 1.72. The Morgan fingerprint density at radius 1 is 1.24 bits per heavy atom. The monoisotopic (exact) mass is 379 g/mol. The summed E-state index contributed by atoms with van der Waals surface area (Å²) >= 11 is 0. The van der Waals surface area contributed by atoms with Crippen LogP contribution in [0.15, 0.2) is 58.6 Å². The van der Waals surface area contributed by atoms with Gasteiger partial charge in [0.25, 0.3) is 5.91 Å². The Bertz CT molecular complexity index is 739. The van der Waals surface area contributed by atoms with E-state index in [0.29, 0.717) is 17.9 Å². The van der Waals surface area contributed by atoms with Gasteiger partial charge in [0.1, 0.15) is 11.5 Å². The van der Waals surface area contributed by atoms with Crippen molar-refractivity contribution in [2.45, 2.75) is 11.3 Å². The Hall–Kier alpha value is -2.19. The van der Waals surface area contributed by atoms with Gasteiger partial charge < -0.3 is 16.3 Å². The molecule has 0 heterocycles. The van der Waals surface area contributed by atoms with Gasteiger partial charge >= 0.3 is 0 Å². The molecule has 0 saturated carbocycles. The molecule has 25 heavy (non-hydrogen) atoms. The number of nitrogens with two attached hydrogens (primary N) is 1. The highest BCUT2D eigenvalue weighted by atomic mass is 33.1. The molecule has 0 aromatic heterocycles. The maximum absolute atomic E-state index is 13.2. The summed E-state index contributed by atoms with van der Waals surface area (Å²) in [5, 5.41) is 14.7. The van der Waals surface area contributed by atoms with Crippen molar-refractivity contribution in [1.29, 1.82) is 0 Å². The van der Waals surface area contributed by atoms with E-state index in [1.54, 1.807) is 33.7 Å². The van der Waals surface area contributed by atoms with Gasteiger partial charge in [-0.1, -0.05) is 38.9 Å². The number of rotatable bonds is 8. The fraction of sp³-hybridized carbons (Fsp3) is 0.176. The van der Waals surface area contributed by atoms with Crippen LogP contribution >= 0.6 is 21.6 Å². The lowest BCUT2D eigenvalue weighted by Crippen LogP contribution is -2.33. The lowest BCUT2D eigenvalue weighted by Gasteiger charge is -2.07. The number of nitrogens with one attached hydrogen (secondary N) is 1. The first-order valence-corrected chi connectivity index (χ1v) is 9.79. The third-order valence-corrected chi connectivity index (χ3v) is 5.53. The molecule has 0 atom stereocenters. The number of hydrogen-bond acceptors (Lipinski definition) is 6. The fourth-order valence-electron chi connectivity index (χ4n) is 1.94. The number of nitrogen functional groups attached to an aromatic ring is 1. The van der Waals surface area contributed by atoms with Crippen LogP contribution in [0.4, 0.5) is 10.1 Å². The van der Waals surface area contributed by atoms with E-state index in [-0.39, 0.29) is 12.1 Å². The van der Waals surface area contributed by atoms with Crippen molar-refractivity contribution in [1.82, 2.24) is 5.32 Å². The second-order valence-corrected chi connectivity index (χ2v) is 7.57. The van der Waals surface area contributed by atoms with E-state index < -0.39 is 11.7 Å². The molecule has 0 spiro atoms. The SMILES string of the molecule is Nc1ccc(SSCCNC(=O)/C(Cc2cccc(F)c2)=N/O)cc1. The summed E-state index contributed by atoms with van der Waals surface area (Å²) in [5.74, 6) is -0.185. The molecule has 132 valence electrons. The Labute approximate surface area is 153 Å². The summed E-state index contributed by atoms with van der Waals surface area (Å²) in [6, 6.07) is 13.4. The Kier molecular flexibility index (Phi) is 7.62. The van der Waals surface area contributed by atoms with Crippen LogP contribution in [-0.4, -0.2) is 29.1 Å². The summed E-state index contributed by atoms with van der Waals surface area (Å²) in [6.45, 7) is 0.424. The molecule has 2 aromatic rings. The van der Waals surface area contributed by atoms with Gasteiger partial charge in [-0.3, -0.25) is 4.79 Å². The summed E-state index contributed by atoms with van der Waals surface area (Å²) in [4.78, 5) is 13.1. The van der Waals surface area contributed by atoms with E-state index in [4.69, 9.17) is 10.9 Å². The van der Waals surface area contributed by atoms with E-state index in [1.165, 1.54) is 12.1 Å². The predicted molar refractivity (Wildman–Crippen MR) is 102 cm³/mol. The summed E-state index contributed by atoms with van der Waals surface area (Å²) in [5.41, 5.74) is 6.86. The first kappa shape index (κ1) is 19.1. The van der Waals surface area contributed by atoms with Gasteiger partial charge in [-0.05, 0) is 42.0 Å². The molecule has 0 aliphatic rings. The Morgan fingerprint density at radius 2 is 2.00 bits per heavy atom. The number of carbonyl (C=O) groups is 1. The van der Waals surface area contributed by atoms with Crippen LogP contribution in [-0.2, 0) is 11.2 Å². The minimum atomic E-state index is -0.468. The first-order chi connectivity index (χ1) is 12.1. The molecular weight excluding hydrogens is 361 g/mol. The van der Waals surface area contributed by atoms with Gasteiger partial charge in [0, 0.05) is 29.3 Å². The van der Waals surface area contributed by atoms with E-state index >= 15 is 0 Å². The number of benzene rings is 2. The molecule has 0 aliphatic carbocycles. The molecule has 5 nitrogen and oxygen atoms in total. The smallest absolute Gasteiger partial charge is 0.269 e. The molecule has 0 bridgehead atoms. The largest absolute Gasteiger partial charge is 0.410 e. The third kappa shape index (κ3) is 6.67. The van der Waals surface area contributed by atoms with Gasteiger partial charge in [-0.15, -0.1) is 0 Å². The first-order valence-electron chi connectivity index (χ1n) is 7.47. The summed E-state index contributed by atoms with van der Waals surface area (Å²) in [7, 11) is 3.18. The number of halogens is 1. The standard InChI is InChI=1S/C17H18FN3O2S2/c18-13-3-1-2-12(10-13)11-16(21-23)17(22)20-8-9-24-25-15-6-4-14(19)5-7-15/h1-7,10,23H,8-9,11,19H2,(H,20,22)/b21-16+. The molecule has 0 aliphatic heterocycles. The number of oxime groups is 1. The minimum Gasteiger partial charge on any atom is -0.410 e. The maximum atomic E-state index is 13.2. The molecule has 2 aromatic carbocycles. The predicted octanol–water partition coefficient (Wildman–Crippen LogP) is 3.34. The second-order valence-electron chi connectivity index (χ2n) is 5.08. The highest BCUT2D eigenvalue weighted by Gasteiger charge is 2.13. The van der Waals surface area contributed by atoms with Crippen molar-refractivity contribution in [3.05, 3.63) is 59.9 Å². The molecule has 0 fully saturated rings. The van der Waals surface area contributed by atoms with Crippen molar-refractivity contribution >= 4 is 38.9 Å². The van der Waals surface area contributed by atoms with E-state index in [2.05, 4.69) is 10.5 Å². The zero-order chi connectivity index (χ0) is 18.1. The number of carbonyl (C=O) groups excluding carboxylic acids is 1. The van der Waals surface area contributed by atoms with Gasteiger partial charge in [-0.2, -0.15) is 0 Å². The quantitative estimate of drug-likeness (QED) is 0.164. The van der Waals surface area contributed by atoms with E-state index in [0.717, 1.165) is 10.6 Å². The fourth-order valence-corrected chi connectivity index (χ4v) is 3.84. The highest BCUT2D eigenvalue weighted by molar-refractivity contribution is 8.76. The molecule has 1 amide bonds. The van der Waals surface area contributed by atoms with Crippen LogP contribution in [0, 0.1) is 5.82 Å². The number of amides is 1. The van der Waals surface area contributed by atoms with Crippen molar-refractivity contribution in [2.75, 3.05) is 18.0 Å². The normalized spacial score (nSPS) is 11.3. The second kappa shape index (κ2) is 9.95. The van der Waals surface area contributed by atoms with Gasteiger partial charge in [0.05, 0.1) is 0 Å². The van der Waals surface area contributed by atoms with Crippen LogP contribution in [0.5, 0.6) is 0 Å². The van der Waals surface area contributed by atoms with Crippen LogP contribution in [0.3, 0.4) is 0 Å². The summed E-state index contributed by atoms with van der Waals surface area (Å²) in [6.07, 6.45) is 0.0629. The van der Waals surface area contributed by atoms with Crippen LogP contribution in [0.25, 0.3) is 0 Å². The molecule has 2 rings (SSSR count). The van der Waals surface area contributed by atoms with Crippen LogP contribution in [0.1, 0.15) is 5.56 Å². The van der Waals surface area contributed by atoms with Crippen molar-refractivity contribution in [3.63, 3.8) is 0 Å². The number of hydrogen-bond donors (Lipinski definition) is 3. The van der Waals surface area contributed by atoms with Gasteiger partial charge in [0.15, 0.2) is 0 Å². The van der Waals surface area contributed by atoms with Crippen LogP contribution < -0.4 is 11.1 Å². The zero-order valence-corrected chi connectivity index (χ0v) is 14.9. The minimum absolute atomic E-state index is 0.0539. The average molecular weight is 379 g/mol. The summed E-state index contributed by atoms with van der Waals surface area (Å²) < 4.78 is 13.2. The lowest BCUT2D eigenvalue weighted by molar-refractivity contribution is -0.114. The highest BCUT2D eigenvalue weighted by Crippen LogP contribution is 2.30. The number of nitrogens with zero attached hydrogens (tertiary/aromatic N) is 1. The van der Waals surface area contributed by atoms with Crippen LogP contribution in [0.2, 0.25) is 0 Å². The molecular formula is C17H18FN3O2S2. The molecule has 8 heteroatoms. The lowest BCUT2D eigenvalue weighted by atomic mass is 10.1. The third-order valence-electron chi connectivity index (χ3n) is 3.15. The topological polar surface area (TPSA) is 87.7 Å². The molecule has 0 radical (unpaired) electrons. The number of anilines is 1. The molecule has 0 saturated heterocycles. The van der Waals surface area contributed by atoms with E-state index in [9.17, 15) is 9.18 Å². The maximum Gasteiger partial charge on any atom is 0.269 e. The average Bonchev–Trinajstić information content (AvgIpc) is 2.61. The Morgan fingerprint density at radius 3 is 2.68 bits per heavy atom. The van der Waals surface area contributed by atoms with Crippen molar-refractivity contribution in [2.24, 2.45) is 5.16 Å². The van der Waals surface area contributed by atoms with Crippen molar-refractivity contribution < 1.29 is 14.4 Å². The van der Waals surface area contributed by atoms with Crippen molar-refractivity contribution in [3.8, 4) is 0 Å².